The van der Waals surface area contributed by atoms with Crippen LogP contribution in [-0.2, 0) is 9.53 Å². The minimum atomic E-state index is -0.571. The van der Waals surface area contributed by atoms with Crippen LogP contribution in [0.4, 0.5) is 4.79 Å². The van der Waals surface area contributed by atoms with Crippen LogP contribution in [0.2, 0.25) is 0 Å². The normalized spacial score (nSPS) is 16.9. The smallest absolute Gasteiger partial charge is 0.410 e. The fraction of sp³-hybridized carbons (Fsp3) is 0.742. The van der Waals surface area contributed by atoms with Crippen molar-refractivity contribution in [2.45, 2.75) is 97.5 Å². The molecule has 8 nitrogen and oxygen atoms in total. The van der Waals surface area contributed by atoms with E-state index in [4.69, 9.17) is 14.2 Å². The Morgan fingerprint density at radius 2 is 1.54 bits per heavy atom. The third-order valence-corrected chi connectivity index (χ3v) is 6.87. The summed E-state index contributed by atoms with van der Waals surface area (Å²) >= 11 is 0. The Bertz CT molecular complexity index is 829. The van der Waals surface area contributed by atoms with Crippen molar-refractivity contribution in [2.24, 2.45) is 0 Å². The SMILES string of the molecule is CCC.CCCCCCCC(=O)NC[C@H](OC(=O)N1CCCC1)c1ccc2c(c1)OCCO2.CN1CCCC1.[HH]. The predicted octanol–water partition coefficient (Wildman–Crippen LogP) is 6.58. The summed E-state index contributed by atoms with van der Waals surface area (Å²) in [5.74, 6) is 1.32. The van der Waals surface area contributed by atoms with E-state index < -0.39 is 6.10 Å². The van der Waals surface area contributed by atoms with Crippen LogP contribution in [0.25, 0.3) is 0 Å². The van der Waals surface area contributed by atoms with Crippen molar-refractivity contribution in [3.8, 4) is 11.5 Å². The Hall–Kier alpha value is -2.48. The summed E-state index contributed by atoms with van der Waals surface area (Å²) in [6.07, 6.45) is 11.2. The number of unbranched alkanes of at least 4 members (excludes halogenated alkanes) is 4. The fourth-order valence-electron chi connectivity index (χ4n) is 4.64. The van der Waals surface area contributed by atoms with Crippen LogP contribution in [0, 0.1) is 0 Å². The molecule has 0 aromatic heterocycles. The molecule has 4 rings (SSSR count). The molecule has 39 heavy (non-hydrogen) atoms. The van der Waals surface area contributed by atoms with Gasteiger partial charge >= 0.3 is 6.09 Å². The van der Waals surface area contributed by atoms with Crippen molar-refractivity contribution in [2.75, 3.05) is 53.0 Å². The van der Waals surface area contributed by atoms with Gasteiger partial charge in [0, 0.05) is 20.9 Å². The van der Waals surface area contributed by atoms with E-state index in [1.54, 1.807) is 4.90 Å². The molecule has 0 bridgehead atoms. The van der Waals surface area contributed by atoms with Gasteiger partial charge < -0.3 is 29.3 Å². The zero-order valence-corrected chi connectivity index (χ0v) is 25.0. The van der Waals surface area contributed by atoms with Crippen LogP contribution < -0.4 is 14.8 Å². The second-order valence-corrected chi connectivity index (χ2v) is 10.7. The van der Waals surface area contributed by atoms with Crippen LogP contribution in [0.15, 0.2) is 18.2 Å². The van der Waals surface area contributed by atoms with Crippen LogP contribution in [0.1, 0.15) is 104 Å². The number of ether oxygens (including phenoxy) is 3. The summed E-state index contributed by atoms with van der Waals surface area (Å²) in [4.78, 5) is 28.9. The van der Waals surface area contributed by atoms with Gasteiger partial charge in [0.2, 0.25) is 5.91 Å². The van der Waals surface area contributed by atoms with Gasteiger partial charge in [-0.2, -0.15) is 0 Å². The van der Waals surface area contributed by atoms with E-state index in [0.29, 0.717) is 31.1 Å². The van der Waals surface area contributed by atoms with E-state index in [2.05, 4.69) is 38.0 Å². The standard InChI is InChI=1S/C23H34N2O5.C5H11N.C3H8.H2/c1-2-3-4-5-6-9-22(26)24-17-21(30-23(27)25-12-7-8-13-25)18-10-11-19-20(16-18)29-15-14-28-19;1-6-4-2-3-5-6;1-3-2;/h10-11,16,21H,2-9,12-15,17H2,1H3,(H,24,26);2-5H2,1H3;3H2,1-2H3;1H/t21-;;;/m0.../s1. The van der Waals surface area contributed by atoms with Gasteiger partial charge in [0.1, 0.15) is 19.3 Å². The molecule has 1 aromatic carbocycles. The quantitative estimate of drug-likeness (QED) is 0.332. The molecule has 0 saturated carbocycles. The molecule has 2 fully saturated rings. The molecule has 0 aliphatic carbocycles. The first-order valence-electron chi connectivity index (χ1n) is 15.3. The Balaban J connectivity index is 0.000000686. The number of hydrogen-bond donors (Lipinski definition) is 1. The maximum atomic E-state index is 12.6. The summed E-state index contributed by atoms with van der Waals surface area (Å²) in [6.45, 7) is 11.8. The lowest BCUT2D eigenvalue weighted by atomic mass is 10.1. The minimum absolute atomic E-state index is 0. The minimum Gasteiger partial charge on any atom is -0.486 e. The van der Waals surface area contributed by atoms with Crippen molar-refractivity contribution < 1.29 is 25.2 Å². The van der Waals surface area contributed by atoms with Crippen LogP contribution in [0.5, 0.6) is 11.5 Å². The van der Waals surface area contributed by atoms with Gasteiger partial charge in [-0.15, -0.1) is 0 Å². The number of benzene rings is 1. The van der Waals surface area contributed by atoms with Crippen molar-refractivity contribution >= 4 is 12.0 Å². The monoisotopic (exact) mass is 549 g/mol. The largest absolute Gasteiger partial charge is 0.486 e. The maximum absolute atomic E-state index is 12.6. The molecule has 0 radical (unpaired) electrons. The van der Waals surface area contributed by atoms with E-state index >= 15 is 0 Å². The van der Waals surface area contributed by atoms with Gasteiger partial charge in [-0.3, -0.25) is 4.79 Å². The summed E-state index contributed by atoms with van der Waals surface area (Å²) in [6, 6.07) is 5.54. The van der Waals surface area contributed by atoms with Crippen molar-refractivity contribution in [1.29, 1.82) is 0 Å². The number of rotatable bonds is 10. The van der Waals surface area contributed by atoms with Crippen LogP contribution in [-0.4, -0.2) is 74.8 Å². The zero-order chi connectivity index (χ0) is 28.3. The van der Waals surface area contributed by atoms with Crippen molar-refractivity contribution in [3.63, 3.8) is 0 Å². The number of nitrogens with one attached hydrogen (secondary N) is 1. The lowest BCUT2D eigenvalue weighted by molar-refractivity contribution is -0.121. The maximum Gasteiger partial charge on any atom is 0.410 e. The summed E-state index contributed by atoms with van der Waals surface area (Å²) < 4.78 is 17.0. The average Bonchev–Trinajstić information content (AvgIpc) is 3.66. The number of nitrogens with zero attached hydrogens (tertiary/aromatic N) is 2. The van der Waals surface area contributed by atoms with Gasteiger partial charge in [-0.1, -0.05) is 58.9 Å². The van der Waals surface area contributed by atoms with E-state index in [0.717, 1.165) is 50.8 Å². The number of likely N-dealkylation sites (tertiary alicyclic amines) is 2. The molecule has 8 heteroatoms. The highest BCUT2D eigenvalue weighted by Crippen LogP contribution is 2.33. The first-order chi connectivity index (χ1) is 19.0. The molecule has 1 atom stereocenters. The summed E-state index contributed by atoms with van der Waals surface area (Å²) in [7, 11) is 2.17. The lowest BCUT2D eigenvalue weighted by Crippen LogP contribution is -2.34. The third-order valence-electron chi connectivity index (χ3n) is 6.87. The number of hydrogen-bond acceptors (Lipinski definition) is 6. The highest BCUT2D eigenvalue weighted by atomic mass is 16.6. The highest BCUT2D eigenvalue weighted by Gasteiger charge is 2.25. The van der Waals surface area contributed by atoms with Crippen molar-refractivity contribution in [3.05, 3.63) is 23.8 Å². The summed E-state index contributed by atoms with van der Waals surface area (Å²) in [5.41, 5.74) is 0.787. The topological polar surface area (TPSA) is 80.3 Å². The third kappa shape index (κ3) is 12.9. The van der Waals surface area contributed by atoms with Gasteiger partial charge in [0.15, 0.2) is 11.5 Å². The number of fused-ring (bicyclic) bond motifs is 1. The van der Waals surface area contributed by atoms with E-state index in [-0.39, 0.29) is 20.0 Å². The van der Waals surface area contributed by atoms with Gasteiger partial charge in [-0.25, -0.2) is 4.79 Å². The average molecular weight is 550 g/mol. The van der Waals surface area contributed by atoms with E-state index in [1.807, 2.05) is 18.2 Å². The zero-order valence-electron chi connectivity index (χ0n) is 25.0. The fourth-order valence-corrected chi connectivity index (χ4v) is 4.64. The number of carbonyl (C=O) groups is 2. The molecule has 0 spiro atoms. The van der Waals surface area contributed by atoms with E-state index in [1.165, 1.54) is 45.2 Å². The molecule has 224 valence electrons. The Morgan fingerprint density at radius 1 is 0.923 bits per heavy atom. The first-order valence-corrected chi connectivity index (χ1v) is 15.3. The van der Waals surface area contributed by atoms with Crippen molar-refractivity contribution in [1.82, 2.24) is 15.1 Å². The molecule has 3 aliphatic rings. The van der Waals surface area contributed by atoms with Crippen LogP contribution >= 0.6 is 0 Å². The lowest BCUT2D eigenvalue weighted by Gasteiger charge is -2.24. The predicted molar refractivity (Wildman–Crippen MR) is 159 cm³/mol. The molecule has 2 saturated heterocycles. The molecule has 1 N–H and O–H groups in total. The molecule has 2 amide bonds. The second kappa shape index (κ2) is 19.6. The molecular weight excluding hydrogens is 494 g/mol. The van der Waals surface area contributed by atoms with E-state index in [9.17, 15) is 9.59 Å². The molecular formula is C31H55N3O5. The number of carbonyl (C=O) groups excluding carboxylic acids is 2. The second-order valence-electron chi connectivity index (χ2n) is 10.7. The molecule has 3 heterocycles. The summed E-state index contributed by atoms with van der Waals surface area (Å²) in [5, 5.41) is 2.94. The molecule has 1 aromatic rings. The van der Waals surface area contributed by atoms with Gasteiger partial charge in [-0.05, 0) is 69.9 Å². The first kappa shape index (κ1) is 32.7. The Labute approximate surface area is 238 Å². The van der Waals surface area contributed by atoms with Gasteiger partial charge in [0.25, 0.3) is 0 Å². The highest BCUT2D eigenvalue weighted by molar-refractivity contribution is 5.76. The van der Waals surface area contributed by atoms with Crippen LogP contribution in [0.3, 0.4) is 0 Å². The Kier molecular flexibility index (Phi) is 16.4. The Morgan fingerprint density at radius 3 is 2.15 bits per heavy atom. The van der Waals surface area contributed by atoms with Gasteiger partial charge in [0.05, 0.1) is 6.54 Å². The number of amides is 2. The molecule has 0 unspecified atom stereocenters. The molecule has 3 aliphatic heterocycles.